The zero-order valence-electron chi connectivity index (χ0n) is 14.5. The summed E-state index contributed by atoms with van der Waals surface area (Å²) < 4.78 is 0. The number of carbonyl (C=O) groups is 3. The van der Waals surface area contributed by atoms with Crippen LogP contribution < -0.4 is 10.6 Å². The van der Waals surface area contributed by atoms with E-state index in [0.29, 0.717) is 25.8 Å². The summed E-state index contributed by atoms with van der Waals surface area (Å²) in [7, 11) is 0. The number of amides is 4. The minimum Gasteiger partial charge on any atom is -0.361 e. The van der Waals surface area contributed by atoms with Gasteiger partial charge in [-0.2, -0.15) is 0 Å². The number of rotatable bonds is 5. The van der Waals surface area contributed by atoms with Crippen LogP contribution in [0.5, 0.6) is 0 Å². The molecule has 0 unspecified atom stereocenters. The number of aromatic nitrogens is 1. The Morgan fingerprint density at radius 1 is 1.19 bits per heavy atom. The predicted octanol–water partition coefficient (Wildman–Crippen LogP) is 1.69. The predicted molar refractivity (Wildman–Crippen MR) is 96.5 cm³/mol. The van der Waals surface area contributed by atoms with E-state index in [4.69, 9.17) is 0 Å². The molecule has 1 aromatic carbocycles. The monoisotopic (exact) mass is 354 g/mol. The van der Waals surface area contributed by atoms with E-state index in [0.717, 1.165) is 34.2 Å². The van der Waals surface area contributed by atoms with Gasteiger partial charge in [-0.3, -0.25) is 14.5 Å². The van der Waals surface area contributed by atoms with Gasteiger partial charge in [-0.25, -0.2) is 4.79 Å². The van der Waals surface area contributed by atoms with Crippen molar-refractivity contribution in [3.05, 3.63) is 36.0 Å². The van der Waals surface area contributed by atoms with Crippen LogP contribution in [0.25, 0.3) is 10.9 Å². The molecule has 7 heteroatoms. The van der Waals surface area contributed by atoms with Gasteiger partial charge in [0.15, 0.2) is 0 Å². The van der Waals surface area contributed by atoms with Crippen molar-refractivity contribution in [2.24, 2.45) is 0 Å². The average molecular weight is 354 g/mol. The molecule has 2 fully saturated rings. The first-order chi connectivity index (χ1) is 12.6. The number of hydrogen-bond acceptors (Lipinski definition) is 3. The summed E-state index contributed by atoms with van der Waals surface area (Å²) in [5, 5.41) is 6.73. The van der Waals surface area contributed by atoms with E-state index in [1.165, 1.54) is 0 Å². The van der Waals surface area contributed by atoms with Crippen LogP contribution in [0.15, 0.2) is 30.5 Å². The van der Waals surface area contributed by atoms with Crippen molar-refractivity contribution >= 4 is 28.7 Å². The summed E-state index contributed by atoms with van der Waals surface area (Å²) in [4.78, 5) is 41.1. The third kappa shape index (κ3) is 2.83. The molecule has 4 rings (SSSR count). The van der Waals surface area contributed by atoms with Crippen LogP contribution in [0.3, 0.4) is 0 Å². The minimum atomic E-state index is -0.762. The van der Waals surface area contributed by atoms with E-state index in [1.54, 1.807) is 0 Å². The molecule has 4 amide bonds. The molecule has 26 heavy (non-hydrogen) atoms. The van der Waals surface area contributed by atoms with Crippen molar-refractivity contribution in [3.8, 4) is 0 Å². The van der Waals surface area contributed by atoms with Gasteiger partial charge >= 0.3 is 6.03 Å². The normalized spacial score (nSPS) is 18.7. The Kier molecular flexibility index (Phi) is 4.14. The zero-order chi connectivity index (χ0) is 18.1. The second kappa shape index (κ2) is 6.48. The van der Waals surface area contributed by atoms with Crippen LogP contribution in [0.2, 0.25) is 0 Å². The molecule has 0 radical (unpaired) electrons. The first kappa shape index (κ1) is 16.6. The number of hydrogen-bond donors (Lipinski definition) is 3. The fourth-order valence-electron chi connectivity index (χ4n) is 4.01. The van der Waals surface area contributed by atoms with Crippen molar-refractivity contribution < 1.29 is 14.4 Å². The Morgan fingerprint density at radius 2 is 1.96 bits per heavy atom. The zero-order valence-corrected chi connectivity index (χ0v) is 14.5. The van der Waals surface area contributed by atoms with Crippen LogP contribution >= 0.6 is 0 Å². The molecule has 0 bridgehead atoms. The van der Waals surface area contributed by atoms with E-state index in [9.17, 15) is 14.4 Å². The number of imide groups is 1. The number of aromatic amines is 1. The maximum atomic E-state index is 12.5. The standard InChI is InChI=1S/C19H22N4O3/c24-16(12-23-17(25)19(22-18(23)26)8-3-4-9-19)20-10-7-13-11-21-15-6-2-1-5-14(13)15/h1-2,5-6,11,21H,3-4,7-10,12H2,(H,20,24)(H,22,26). The second-order valence-corrected chi connectivity index (χ2v) is 7.07. The van der Waals surface area contributed by atoms with Gasteiger partial charge in [0.2, 0.25) is 5.91 Å². The average Bonchev–Trinajstić information content (AvgIpc) is 3.32. The summed E-state index contributed by atoms with van der Waals surface area (Å²) in [6.07, 6.45) is 5.80. The molecule has 1 aliphatic heterocycles. The fourth-order valence-corrected chi connectivity index (χ4v) is 4.01. The molecule has 2 aromatic rings. The van der Waals surface area contributed by atoms with Crippen molar-refractivity contribution in [2.45, 2.75) is 37.6 Å². The Bertz CT molecular complexity index is 867. The van der Waals surface area contributed by atoms with Gasteiger partial charge < -0.3 is 15.6 Å². The molecule has 2 heterocycles. The van der Waals surface area contributed by atoms with Gasteiger partial charge in [0.1, 0.15) is 12.1 Å². The largest absolute Gasteiger partial charge is 0.361 e. The van der Waals surface area contributed by atoms with E-state index >= 15 is 0 Å². The lowest BCUT2D eigenvalue weighted by molar-refractivity contribution is -0.134. The number of carbonyl (C=O) groups excluding carboxylic acids is 3. The van der Waals surface area contributed by atoms with Gasteiger partial charge in [0, 0.05) is 23.6 Å². The first-order valence-electron chi connectivity index (χ1n) is 9.05. The maximum absolute atomic E-state index is 12.5. The maximum Gasteiger partial charge on any atom is 0.325 e. The molecular formula is C19H22N4O3. The molecule has 3 N–H and O–H groups in total. The number of nitrogens with one attached hydrogen (secondary N) is 3. The smallest absolute Gasteiger partial charge is 0.325 e. The lowest BCUT2D eigenvalue weighted by atomic mass is 9.98. The van der Waals surface area contributed by atoms with Crippen LogP contribution in [0, 0.1) is 0 Å². The van der Waals surface area contributed by atoms with E-state index < -0.39 is 11.6 Å². The van der Waals surface area contributed by atoms with Gasteiger partial charge in [0.25, 0.3) is 5.91 Å². The lowest BCUT2D eigenvalue weighted by Gasteiger charge is -2.19. The van der Waals surface area contributed by atoms with E-state index in [1.807, 2.05) is 30.5 Å². The van der Waals surface area contributed by atoms with Crippen molar-refractivity contribution in [1.82, 2.24) is 20.5 Å². The highest BCUT2D eigenvalue weighted by Gasteiger charge is 2.52. The molecule has 1 aliphatic carbocycles. The van der Waals surface area contributed by atoms with E-state index in [2.05, 4.69) is 15.6 Å². The highest BCUT2D eigenvalue weighted by Crippen LogP contribution is 2.34. The highest BCUT2D eigenvalue weighted by atomic mass is 16.2. The van der Waals surface area contributed by atoms with Crippen molar-refractivity contribution in [1.29, 1.82) is 0 Å². The lowest BCUT2D eigenvalue weighted by Crippen LogP contribution is -2.45. The molecule has 1 saturated heterocycles. The number of nitrogens with zero attached hydrogens (tertiary/aromatic N) is 1. The molecule has 1 aromatic heterocycles. The Labute approximate surface area is 151 Å². The molecular weight excluding hydrogens is 332 g/mol. The SMILES string of the molecule is O=C(CN1C(=O)NC2(CCCC2)C1=O)NCCc1c[nH]c2ccccc12. The van der Waals surface area contributed by atoms with Gasteiger partial charge in [-0.05, 0) is 30.9 Å². The van der Waals surface area contributed by atoms with Crippen LogP contribution in [-0.4, -0.2) is 46.4 Å². The van der Waals surface area contributed by atoms with Gasteiger partial charge in [-0.15, -0.1) is 0 Å². The first-order valence-corrected chi connectivity index (χ1v) is 9.05. The van der Waals surface area contributed by atoms with Crippen LogP contribution in [-0.2, 0) is 16.0 Å². The Morgan fingerprint density at radius 3 is 2.77 bits per heavy atom. The molecule has 2 aliphatic rings. The minimum absolute atomic E-state index is 0.222. The third-order valence-electron chi connectivity index (χ3n) is 5.40. The number of urea groups is 1. The van der Waals surface area contributed by atoms with Gasteiger partial charge in [-0.1, -0.05) is 31.0 Å². The molecule has 0 atom stereocenters. The fraction of sp³-hybridized carbons (Fsp3) is 0.421. The second-order valence-electron chi connectivity index (χ2n) is 7.07. The van der Waals surface area contributed by atoms with Crippen molar-refractivity contribution in [2.75, 3.05) is 13.1 Å². The molecule has 1 saturated carbocycles. The summed E-state index contributed by atoms with van der Waals surface area (Å²) in [6, 6.07) is 7.54. The van der Waals surface area contributed by atoms with Crippen LogP contribution in [0.4, 0.5) is 4.79 Å². The summed E-state index contributed by atoms with van der Waals surface area (Å²) in [5.41, 5.74) is 1.43. The summed E-state index contributed by atoms with van der Waals surface area (Å²) >= 11 is 0. The molecule has 1 spiro atoms. The number of benzene rings is 1. The molecule has 7 nitrogen and oxygen atoms in total. The number of para-hydroxylation sites is 1. The van der Waals surface area contributed by atoms with Gasteiger partial charge in [0.05, 0.1) is 0 Å². The topological polar surface area (TPSA) is 94.3 Å². The summed E-state index contributed by atoms with van der Waals surface area (Å²) in [5.74, 6) is -0.574. The Balaban J connectivity index is 1.32. The summed E-state index contributed by atoms with van der Waals surface area (Å²) in [6.45, 7) is 0.232. The highest BCUT2D eigenvalue weighted by molar-refractivity contribution is 6.09. The quantitative estimate of drug-likeness (QED) is 0.713. The number of fused-ring (bicyclic) bond motifs is 1. The number of H-pyrrole nitrogens is 1. The molecule has 136 valence electrons. The van der Waals surface area contributed by atoms with Crippen molar-refractivity contribution in [3.63, 3.8) is 0 Å². The Hall–Kier alpha value is -2.83. The van der Waals surface area contributed by atoms with E-state index in [-0.39, 0.29) is 18.4 Å². The third-order valence-corrected chi connectivity index (χ3v) is 5.40. The van der Waals surface area contributed by atoms with Crippen LogP contribution in [0.1, 0.15) is 31.2 Å².